The normalized spacial score (nSPS) is 24.3. The van der Waals surface area contributed by atoms with Crippen molar-refractivity contribution in [1.82, 2.24) is 4.90 Å². The van der Waals surface area contributed by atoms with Crippen LogP contribution in [0, 0.1) is 0 Å². The van der Waals surface area contributed by atoms with Crippen LogP contribution in [0.4, 0.5) is 0 Å². The molecule has 18 heavy (non-hydrogen) atoms. The van der Waals surface area contributed by atoms with Crippen LogP contribution in [0.3, 0.4) is 0 Å². The fraction of sp³-hybridized carbons (Fsp3) is 0.692. The first-order valence-corrected chi connectivity index (χ1v) is 8.09. The lowest BCUT2D eigenvalue weighted by atomic mass is 10.0. The van der Waals surface area contributed by atoms with Crippen LogP contribution in [0.15, 0.2) is 15.9 Å². The van der Waals surface area contributed by atoms with Crippen LogP contribution in [0.1, 0.15) is 30.7 Å². The summed E-state index contributed by atoms with van der Waals surface area (Å²) in [5, 5.41) is 2.13. The largest absolute Gasteiger partial charge is 0.380 e. The van der Waals surface area contributed by atoms with E-state index in [9.17, 15) is 0 Å². The van der Waals surface area contributed by atoms with Gasteiger partial charge in [-0.2, -0.15) is 0 Å². The third kappa shape index (κ3) is 3.14. The number of hydrogen-bond acceptors (Lipinski definition) is 4. The van der Waals surface area contributed by atoms with E-state index in [1.54, 1.807) is 18.4 Å². The van der Waals surface area contributed by atoms with Gasteiger partial charge in [-0.3, -0.25) is 4.90 Å². The fourth-order valence-electron chi connectivity index (χ4n) is 2.57. The van der Waals surface area contributed by atoms with Gasteiger partial charge >= 0.3 is 0 Å². The molecular weight excluding hydrogens is 312 g/mol. The lowest BCUT2D eigenvalue weighted by Gasteiger charge is -2.31. The lowest BCUT2D eigenvalue weighted by Crippen LogP contribution is -2.39. The molecule has 0 saturated carbocycles. The number of hydrogen-bond donors (Lipinski definition) is 1. The summed E-state index contributed by atoms with van der Waals surface area (Å²) in [4.78, 5) is 3.83. The van der Waals surface area contributed by atoms with E-state index in [2.05, 4.69) is 39.2 Å². The molecule has 0 radical (unpaired) electrons. The van der Waals surface area contributed by atoms with Crippen molar-refractivity contribution in [1.29, 1.82) is 0 Å². The number of thiophene rings is 1. The van der Waals surface area contributed by atoms with Crippen LogP contribution >= 0.6 is 27.3 Å². The Kier molecular flexibility index (Phi) is 5.21. The van der Waals surface area contributed by atoms with Gasteiger partial charge in [-0.1, -0.05) is 6.92 Å². The van der Waals surface area contributed by atoms with Crippen molar-refractivity contribution < 1.29 is 4.74 Å². The third-order valence-corrected chi connectivity index (χ3v) is 5.42. The zero-order valence-corrected chi connectivity index (χ0v) is 13.3. The average Bonchev–Trinajstić information content (AvgIpc) is 2.99. The van der Waals surface area contributed by atoms with Gasteiger partial charge in [-0.15, -0.1) is 11.3 Å². The maximum Gasteiger partial charge on any atom is 0.0710 e. The zero-order valence-electron chi connectivity index (χ0n) is 10.9. The molecule has 0 spiro atoms. The van der Waals surface area contributed by atoms with Crippen LogP contribution in [0.25, 0.3) is 0 Å². The van der Waals surface area contributed by atoms with Crippen molar-refractivity contribution in [3.8, 4) is 0 Å². The highest BCUT2D eigenvalue weighted by molar-refractivity contribution is 9.10. The van der Waals surface area contributed by atoms with Crippen molar-refractivity contribution >= 4 is 27.3 Å². The Balaban J connectivity index is 2.16. The lowest BCUT2D eigenvalue weighted by molar-refractivity contribution is 0.0976. The highest BCUT2D eigenvalue weighted by atomic mass is 79.9. The molecule has 3 atom stereocenters. The van der Waals surface area contributed by atoms with E-state index in [1.807, 2.05) is 0 Å². The summed E-state index contributed by atoms with van der Waals surface area (Å²) in [5.74, 6) is 0. The van der Waals surface area contributed by atoms with Crippen LogP contribution in [0.5, 0.6) is 0 Å². The molecule has 1 saturated heterocycles. The Morgan fingerprint density at radius 2 is 2.44 bits per heavy atom. The van der Waals surface area contributed by atoms with Gasteiger partial charge in [0, 0.05) is 41.0 Å². The number of halogens is 1. The second-order valence-corrected chi connectivity index (χ2v) is 6.68. The monoisotopic (exact) mass is 332 g/mol. The standard InChI is InChI=1S/C13H21BrN2OS/c1-3-11(15)13(12-6-9(14)8-18-12)16-5-4-10(7-16)17-2/h6,8,10-11,13H,3-5,7,15H2,1-2H3. The van der Waals surface area contributed by atoms with E-state index in [1.165, 1.54) is 4.88 Å². The van der Waals surface area contributed by atoms with Crippen molar-refractivity contribution in [2.24, 2.45) is 5.73 Å². The van der Waals surface area contributed by atoms with E-state index < -0.39 is 0 Å². The smallest absolute Gasteiger partial charge is 0.0710 e. The summed E-state index contributed by atoms with van der Waals surface area (Å²) in [6.45, 7) is 4.22. The second-order valence-electron chi connectivity index (χ2n) is 4.83. The van der Waals surface area contributed by atoms with Gasteiger partial charge in [-0.05, 0) is 34.8 Å². The first kappa shape index (κ1) is 14.5. The predicted octanol–water partition coefficient (Wildman–Crippen LogP) is 3.01. The predicted molar refractivity (Wildman–Crippen MR) is 80.0 cm³/mol. The molecule has 1 aromatic rings. The first-order chi connectivity index (χ1) is 8.65. The number of rotatable bonds is 5. The summed E-state index contributed by atoms with van der Waals surface area (Å²) in [6.07, 6.45) is 2.46. The maximum atomic E-state index is 6.33. The van der Waals surface area contributed by atoms with Gasteiger partial charge in [0.05, 0.1) is 12.1 Å². The number of nitrogens with two attached hydrogens (primary N) is 1. The molecule has 2 rings (SSSR count). The van der Waals surface area contributed by atoms with Crippen molar-refractivity contribution in [2.75, 3.05) is 20.2 Å². The van der Waals surface area contributed by atoms with E-state index in [0.717, 1.165) is 30.4 Å². The van der Waals surface area contributed by atoms with Gasteiger partial charge in [0.2, 0.25) is 0 Å². The molecule has 2 N–H and O–H groups in total. The minimum absolute atomic E-state index is 0.186. The number of likely N-dealkylation sites (tertiary alicyclic amines) is 1. The van der Waals surface area contributed by atoms with Crippen LogP contribution < -0.4 is 5.73 Å². The van der Waals surface area contributed by atoms with E-state index in [4.69, 9.17) is 10.5 Å². The van der Waals surface area contributed by atoms with Crippen LogP contribution in [0.2, 0.25) is 0 Å². The molecule has 1 aliphatic rings. The zero-order chi connectivity index (χ0) is 13.1. The highest BCUT2D eigenvalue weighted by Gasteiger charge is 2.32. The molecule has 1 aromatic heterocycles. The minimum Gasteiger partial charge on any atom is -0.380 e. The van der Waals surface area contributed by atoms with Gasteiger partial charge < -0.3 is 10.5 Å². The van der Waals surface area contributed by atoms with Crippen LogP contribution in [-0.4, -0.2) is 37.2 Å². The van der Waals surface area contributed by atoms with Crippen molar-refractivity contribution in [3.05, 3.63) is 20.8 Å². The number of methoxy groups -OCH3 is 1. The molecule has 1 fully saturated rings. The Hall–Kier alpha value is 0.0600. The molecule has 2 heterocycles. The average molecular weight is 333 g/mol. The second kappa shape index (κ2) is 6.48. The Labute approximate surface area is 121 Å². The summed E-state index contributed by atoms with van der Waals surface area (Å²) >= 11 is 5.32. The maximum absolute atomic E-state index is 6.33. The molecular formula is C13H21BrN2OS. The summed E-state index contributed by atoms with van der Waals surface area (Å²) < 4.78 is 6.61. The van der Waals surface area contributed by atoms with Crippen molar-refractivity contribution in [2.45, 2.75) is 38.0 Å². The molecule has 0 amide bonds. The summed E-state index contributed by atoms with van der Waals surface area (Å²) in [6, 6.07) is 2.71. The number of nitrogens with zero attached hydrogens (tertiary/aromatic N) is 1. The Bertz CT molecular complexity index is 385. The molecule has 3 unspecified atom stereocenters. The summed E-state index contributed by atoms with van der Waals surface area (Å²) in [7, 11) is 1.80. The molecule has 0 aromatic carbocycles. The quantitative estimate of drug-likeness (QED) is 0.900. The van der Waals surface area contributed by atoms with Crippen LogP contribution in [-0.2, 0) is 4.74 Å². The van der Waals surface area contributed by atoms with Crippen molar-refractivity contribution in [3.63, 3.8) is 0 Å². The number of ether oxygens (including phenoxy) is 1. The fourth-order valence-corrected chi connectivity index (χ4v) is 4.22. The van der Waals surface area contributed by atoms with Gasteiger partial charge in [-0.25, -0.2) is 0 Å². The topological polar surface area (TPSA) is 38.5 Å². The molecule has 3 nitrogen and oxygen atoms in total. The molecule has 0 aliphatic carbocycles. The summed E-state index contributed by atoms with van der Waals surface area (Å²) in [5.41, 5.74) is 6.33. The third-order valence-electron chi connectivity index (χ3n) is 3.66. The molecule has 5 heteroatoms. The Morgan fingerprint density at radius 3 is 2.94 bits per heavy atom. The van der Waals surface area contributed by atoms with Gasteiger partial charge in [0.25, 0.3) is 0 Å². The van der Waals surface area contributed by atoms with E-state index in [-0.39, 0.29) is 6.04 Å². The van der Waals surface area contributed by atoms with Gasteiger partial charge in [0.15, 0.2) is 0 Å². The molecule has 1 aliphatic heterocycles. The molecule has 102 valence electrons. The first-order valence-electron chi connectivity index (χ1n) is 6.42. The SMILES string of the molecule is CCC(N)C(c1cc(Br)cs1)N1CCC(OC)C1. The van der Waals surface area contributed by atoms with E-state index >= 15 is 0 Å². The van der Waals surface area contributed by atoms with E-state index in [0.29, 0.717) is 12.1 Å². The van der Waals surface area contributed by atoms with Gasteiger partial charge in [0.1, 0.15) is 0 Å². The minimum atomic E-state index is 0.186. The molecule has 0 bridgehead atoms. The highest BCUT2D eigenvalue weighted by Crippen LogP contribution is 2.34. The Morgan fingerprint density at radius 1 is 1.67 bits per heavy atom.